The molecule has 0 heterocycles. The molecule has 0 aliphatic carbocycles. The molecule has 13 heteroatoms. The zero-order chi connectivity index (χ0) is 25.7. The highest BCUT2D eigenvalue weighted by Crippen LogP contribution is 2.39. The molecule has 0 bridgehead atoms. The Bertz CT molecular complexity index is 1110. The molecule has 0 fully saturated rings. The van der Waals surface area contributed by atoms with E-state index in [9.17, 15) is 32.7 Å². The molecule has 0 spiro atoms. The average Bonchev–Trinajstić information content (AvgIpc) is 2.71. The Kier molecular flexibility index (Phi) is 9.23. The fourth-order valence-corrected chi connectivity index (χ4v) is 5.59. The van der Waals surface area contributed by atoms with E-state index in [1.807, 2.05) is 0 Å². The minimum atomic E-state index is -5.01. The van der Waals surface area contributed by atoms with Crippen molar-refractivity contribution in [1.82, 2.24) is 9.42 Å². The fraction of sp³-hybridized carbons (Fsp3) is 0.381. The standard InChI is InChI=1S/C21H30N3O8PS/c1-15(2)14-23(34(30,31)19-11-9-18(22)10-12-19)24(21(25)26)20(16(3)32-33(27,28)29)13-17-7-5-4-6-8-17/h4-12,15-16,20H,13-14,22H2,1-3H3,(H,25,26)(H2,27,28,29). The molecule has 0 saturated carbocycles. The van der Waals surface area contributed by atoms with Gasteiger partial charge >= 0.3 is 13.9 Å². The second-order valence-corrected chi connectivity index (χ2v) is 11.2. The third kappa shape index (κ3) is 7.52. The third-order valence-corrected chi connectivity index (χ3v) is 7.22. The minimum Gasteiger partial charge on any atom is -0.464 e. The SMILES string of the molecule is CC(C)CN(N(C(=O)O)C(Cc1ccccc1)C(C)OP(=O)(O)O)S(=O)(=O)c1ccc(N)cc1. The molecule has 11 nitrogen and oxygen atoms in total. The van der Waals surface area contributed by atoms with Gasteiger partial charge in [0, 0.05) is 12.2 Å². The maximum atomic E-state index is 13.6. The van der Waals surface area contributed by atoms with Crippen molar-refractivity contribution in [2.45, 2.75) is 44.2 Å². The number of hydrogen-bond acceptors (Lipinski definition) is 6. The smallest absolute Gasteiger partial charge is 0.464 e. The van der Waals surface area contributed by atoms with Crippen LogP contribution in [0.5, 0.6) is 0 Å². The monoisotopic (exact) mass is 515 g/mol. The number of phosphoric ester groups is 1. The number of nitrogens with zero attached hydrogens (tertiary/aromatic N) is 2. The second-order valence-electron chi connectivity index (χ2n) is 8.16. The quantitative estimate of drug-likeness (QED) is 0.199. The molecule has 2 rings (SSSR count). The van der Waals surface area contributed by atoms with Crippen molar-refractivity contribution >= 4 is 29.6 Å². The molecule has 0 aliphatic rings. The molecule has 2 aromatic carbocycles. The van der Waals surface area contributed by atoms with Crippen molar-refractivity contribution in [2.24, 2.45) is 5.92 Å². The van der Waals surface area contributed by atoms with E-state index in [2.05, 4.69) is 0 Å². The van der Waals surface area contributed by atoms with Gasteiger partial charge in [0.15, 0.2) is 0 Å². The van der Waals surface area contributed by atoms with Gasteiger partial charge in [-0.1, -0.05) is 44.2 Å². The number of anilines is 1. The Balaban J connectivity index is 2.64. The summed E-state index contributed by atoms with van der Waals surface area (Å²) in [6.07, 6.45) is -3.06. The van der Waals surface area contributed by atoms with Crippen LogP contribution in [-0.4, -0.2) is 57.5 Å². The van der Waals surface area contributed by atoms with Crippen molar-refractivity contribution < 1.29 is 37.2 Å². The minimum absolute atomic E-state index is 0.0693. The molecule has 2 atom stereocenters. The van der Waals surface area contributed by atoms with E-state index in [1.165, 1.54) is 31.2 Å². The van der Waals surface area contributed by atoms with E-state index >= 15 is 0 Å². The van der Waals surface area contributed by atoms with Gasteiger partial charge in [-0.2, -0.15) is 0 Å². The number of hydrazine groups is 1. The van der Waals surface area contributed by atoms with Crippen LogP contribution in [0, 0.1) is 5.92 Å². The van der Waals surface area contributed by atoms with Gasteiger partial charge in [-0.15, -0.1) is 4.41 Å². The summed E-state index contributed by atoms with van der Waals surface area (Å²) in [6, 6.07) is 12.6. The average molecular weight is 516 g/mol. The summed E-state index contributed by atoms with van der Waals surface area (Å²) in [4.78, 5) is 31.0. The molecule has 2 unspecified atom stereocenters. The lowest BCUT2D eigenvalue weighted by Gasteiger charge is -2.40. The number of carboxylic acid groups (broad SMARTS) is 1. The number of amides is 1. The highest BCUT2D eigenvalue weighted by Gasteiger charge is 2.42. The summed E-state index contributed by atoms with van der Waals surface area (Å²) in [6.45, 7) is 4.50. The van der Waals surface area contributed by atoms with E-state index in [1.54, 1.807) is 44.2 Å². The van der Waals surface area contributed by atoms with E-state index < -0.39 is 36.1 Å². The van der Waals surface area contributed by atoms with Crippen LogP contribution >= 0.6 is 7.82 Å². The number of carbonyl (C=O) groups is 1. The highest BCUT2D eigenvalue weighted by atomic mass is 32.2. The van der Waals surface area contributed by atoms with E-state index in [-0.39, 0.29) is 23.8 Å². The van der Waals surface area contributed by atoms with E-state index in [0.717, 1.165) is 0 Å². The number of benzene rings is 2. The molecule has 5 N–H and O–H groups in total. The summed E-state index contributed by atoms with van der Waals surface area (Å²) >= 11 is 0. The zero-order valence-electron chi connectivity index (χ0n) is 19.1. The van der Waals surface area contributed by atoms with Crippen LogP contribution in [0.4, 0.5) is 10.5 Å². The van der Waals surface area contributed by atoms with E-state index in [4.69, 9.17) is 10.3 Å². The molecule has 1 amide bonds. The van der Waals surface area contributed by atoms with Gasteiger partial charge in [0.2, 0.25) is 0 Å². The lowest BCUT2D eigenvalue weighted by Crippen LogP contribution is -2.58. The Morgan fingerprint density at radius 3 is 2.09 bits per heavy atom. The molecule has 2 aromatic rings. The van der Waals surface area contributed by atoms with Gasteiger partial charge in [0.1, 0.15) is 0 Å². The first kappa shape index (κ1) is 27.8. The van der Waals surface area contributed by atoms with E-state index in [0.29, 0.717) is 20.7 Å². The predicted molar refractivity (Wildman–Crippen MR) is 126 cm³/mol. The Morgan fingerprint density at radius 1 is 1.06 bits per heavy atom. The van der Waals surface area contributed by atoms with Crippen LogP contribution in [0.1, 0.15) is 26.3 Å². The summed E-state index contributed by atoms with van der Waals surface area (Å²) in [5.41, 5.74) is 6.61. The van der Waals surface area contributed by atoms with Crippen molar-refractivity contribution in [3.05, 3.63) is 60.2 Å². The number of sulfonamides is 1. The normalized spacial score (nSPS) is 14.2. The molecule has 34 heavy (non-hydrogen) atoms. The Morgan fingerprint density at radius 2 is 1.62 bits per heavy atom. The van der Waals surface area contributed by atoms with Crippen LogP contribution in [0.15, 0.2) is 59.5 Å². The predicted octanol–water partition coefficient (Wildman–Crippen LogP) is 2.92. The van der Waals surface area contributed by atoms with Crippen LogP contribution in [0.2, 0.25) is 0 Å². The number of nitrogen functional groups attached to an aromatic ring is 1. The molecular weight excluding hydrogens is 485 g/mol. The molecule has 0 saturated heterocycles. The van der Waals surface area contributed by atoms with Crippen molar-refractivity contribution in [3.63, 3.8) is 0 Å². The lowest BCUT2D eigenvalue weighted by molar-refractivity contribution is -0.0271. The molecule has 0 aromatic heterocycles. The number of rotatable bonds is 11. The van der Waals surface area contributed by atoms with Crippen LogP contribution in [0.3, 0.4) is 0 Å². The molecule has 0 radical (unpaired) electrons. The van der Waals surface area contributed by atoms with Crippen LogP contribution in [-0.2, 0) is 25.5 Å². The van der Waals surface area contributed by atoms with Crippen molar-refractivity contribution in [3.8, 4) is 0 Å². The third-order valence-electron chi connectivity index (χ3n) is 4.86. The van der Waals surface area contributed by atoms with Gasteiger partial charge in [-0.05, 0) is 49.1 Å². The topological polar surface area (TPSA) is 171 Å². The second kappa shape index (κ2) is 11.3. The van der Waals surface area contributed by atoms with Gasteiger partial charge < -0.3 is 20.6 Å². The fourth-order valence-electron chi connectivity index (χ4n) is 3.37. The maximum absolute atomic E-state index is 13.6. The summed E-state index contributed by atoms with van der Waals surface area (Å²) in [5, 5.41) is 10.7. The summed E-state index contributed by atoms with van der Waals surface area (Å²) < 4.78 is 44.2. The summed E-state index contributed by atoms with van der Waals surface area (Å²) in [7, 11) is -9.41. The van der Waals surface area contributed by atoms with Gasteiger partial charge in [-0.3, -0.25) is 4.52 Å². The lowest BCUT2D eigenvalue weighted by atomic mass is 10.0. The highest BCUT2D eigenvalue weighted by molar-refractivity contribution is 7.89. The van der Waals surface area contributed by atoms with Crippen LogP contribution < -0.4 is 5.73 Å². The molecular formula is C21H30N3O8PS. The summed E-state index contributed by atoms with van der Waals surface area (Å²) in [5.74, 6) is -0.291. The number of phosphoric acid groups is 1. The Hall–Kier alpha value is -2.47. The molecule has 0 aliphatic heterocycles. The largest absolute Gasteiger partial charge is 0.469 e. The van der Waals surface area contributed by atoms with Crippen molar-refractivity contribution in [1.29, 1.82) is 0 Å². The maximum Gasteiger partial charge on any atom is 0.469 e. The number of hydrogen-bond donors (Lipinski definition) is 4. The first-order valence-corrected chi connectivity index (χ1v) is 13.4. The van der Waals surface area contributed by atoms with Crippen LogP contribution in [0.25, 0.3) is 0 Å². The first-order chi connectivity index (χ1) is 15.7. The zero-order valence-corrected chi connectivity index (χ0v) is 20.8. The molecule has 188 valence electrons. The van der Waals surface area contributed by atoms with Gasteiger partial charge in [0.05, 0.1) is 17.0 Å². The Labute approximate surface area is 199 Å². The van der Waals surface area contributed by atoms with Gasteiger partial charge in [-0.25, -0.2) is 22.8 Å². The van der Waals surface area contributed by atoms with Crippen molar-refractivity contribution in [2.75, 3.05) is 12.3 Å². The number of nitrogens with two attached hydrogens (primary N) is 1. The first-order valence-electron chi connectivity index (χ1n) is 10.4. The van der Waals surface area contributed by atoms with Gasteiger partial charge in [0.25, 0.3) is 10.0 Å².